The highest BCUT2D eigenvalue weighted by molar-refractivity contribution is 5.94. The topological polar surface area (TPSA) is 41.6 Å². The maximum Gasteiger partial charge on any atom is 0.251 e. The smallest absolute Gasteiger partial charge is 0.251 e. The molecule has 0 radical (unpaired) electrons. The molecule has 4 nitrogen and oxygen atoms in total. The molecule has 1 aliphatic rings. The number of hydrogen-bond acceptors (Lipinski definition) is 3. The normalized spacial score (nSPS) is 13.0. The number of fused-ring (bicyclic) bond motifs is 1. The lowest BCUT2D eigenvalue weighted by molar-refractivity contribution is 0.0915. The van der Waals surface area contributed by atoms with Gasteiger partial charge in [-0.05, 0) is 41.8 Å². The van der Waals surface area contributed by atoms with Crippen LogP contribution in [0.1, 0.15) is 34.8 Å². The van der Waals surface area contributed by atoms with Gasteiger partial charge in [0.2, 0.25) is 0 Å². The fourth-order valence-corrected chi connectivity index (χ4v) is 2.92. The van der Waals surface area contributed by atoms with Crippen molar-refractivity contribution >= 4 is 11.6 Å². The van der Waals surface area contributed by atoms with Gasteiger partial charge in [0, 0.05) is 37.5 Å². The van der Waals surface area contributed by atoms with Crippen LogP contribution in [0.5, 0.6) is 0 Å². The zero-order chi connectivity index (χ0) is 16.8. The van der Waals surface area contributed by atoms with E-state index in [4.69, 9.17) is 4.74 Å². The predicted molar refractivity (Wildman–Crippen MR) is 96.2 cm³/mol. The zero-order valence-corrected chi connectivity index (χ0v) is 14.1. The van der Waals surface area contributed by atoms with Crippen LogP contribution in [0.3, 0.4) is 0 Å². The third kappa shape index (κ3) is 3.95. The second-order valence-electron chi connectivity index (χ2n) is 6.04. The Balaban J connectivity index is 1.53. The number of hydrogen-bond donors (Lipinski definition) is 1. The molecule has 0 saturated carbocycles. The molecule has 3 rings (SSSR count). The quantitative estimate of drug-likeness (QED) is 0.794. The van der Waals surface area contributed by atoms with Gasteiger partial charge in [0.1, 0.15) is 0 Å². The second-order valence-corrected chi connectivity index (χ2v) is 6.04. The van der Waals surface area contributed by atoms with Gasteiger partial charge in [0.15, 0.2) is 0 Å². The van der Waals surface area contributed by atoms with Crippen LogP contribution in [0.2, 0.25) is 0 Å². The van der Waals surface area contributed by atoms with Crippen molar-refractivity contribution in [3.63, 3.8) is 0 Å². The summed E-state index contributed by atoms with van der Waals surface area (Å²) in [4.78, 5) is 14.4. The van der Waals surface area contributed by atoms with E-state index < -0.39 is 0 Å². The summed E-state index contributed by atoms with van der Waals surface area (Å²) >= 11 is 0. The lowest BCUT2D eigenvalue weighted by Gasteiger charge is -2.18. The molecule has 126 valence electrons. The van der Waals surface area contributed by atoms with Gasteiger partial charge in [0.05, 0.1) is 6.61 Å². The Morgan fingerprint density at radius 2 is 1.71 bits per heavy atom. The van der Waals surface area contributed by atoms with Crippen LogP contribution in [-0.4, -0.2) is 25.7 Å². The maximum atomic E-state index is 12.1. The number of anilines is 1. The first-order valence-electron chi connectivity index (χ1n) is 8.55. The van der Waals surface area contributed by atoms with Gasteiger partial charge in [-0.15, -0.1) is 0 Å². The molecule has 4 heteroatoms. The molecule has 0 unspecified atom stereocenters. The summed E-state index contributed by atoms with van der Waals surface area (Å²) in [5.41, 5.74) is 4.60. The molecule has 1 heterocycles. The van der Waals surface area contributed by atoms with Crippen molar-refractivity contribution in [2.45, 2.75) is 26.4 Å². The molecule has 0 aliphatic carbocycles. The number of rotatable bonds is 7. The third-order valence-electron chi connectivity index (χ3n) is 4.22. The van der Waals surface area contributed by atoms with Crippen molar-refractivity contribution in [1.82, 2.24) is 5.32 Å². The van der Waals surface area contributed by atoms with Gasteiger partial charge in [-0.2, -0.15) is 0 Å². The molecular weight excluding hydrogens is 300 g/mol. The first kappa shape index (κ1) is 16.5. The van der Waals surface area contributed by atoms with E-state index in [9.17, 15) is 4.79 Å². The Labute approximate surface area is 143 Å². The van der Waals surface area contributed by atoms with Gasteiger partial charge in [-0.3, -0.25) is 4.79 Å². The third-order valence-corrected chi connectivity index (χ3v) is 4.22. The van der Waals surface area contributed by atoms with E-state index in [1.807, 2.05) is 24.3 Å². The summed E-state index contributed by atoms with van der Waals surface area (Å²) in [5.74, 6) is -0.0497. The number of carbonyl (C=O) groups excluding carboxylic acids is 1. The molecule has 1 N–H and O–H groups in total. The number of nitrogens with one attached hydrogen (secondary N) is 1. The van der Waals surface area contributed by atoms with Crippen LogP contribution >= 0.6 is 0 Å². The predicted octanol–water partition coefficient (Wildman–Crippen LogP) is 3.36. The van der Waals surface area contributed by atoms with Gasteiger partial charge >= 0.3 is 0 Å². The van der Waals surface area contributed by atoms with E-state index >= 15 is 0 Å². The van der Waals surface area contributed by atoms with E-state index in [0.29, 0.717) is 18.7 Å². The second kappa shape index (κ2) is 7.97. The Kier molecular flexibility index (Phi) is 5.49. The first-order valence-corrected chi connectivity index (χ1v) is 8.55. The molecule has 0 fully saturated rings. The van der Waals surface area contributed by atoms with Crippen LogP contribution < -0.4 is 10.2 Å². The fourth-order valence-electron chi connectivity index (χ4n) is 2.92. The molecule has 0 atom stereocenters. The van der Waals surface area contributed by atoms with E-state index in [1.165, 1.54) is 11.1 Å². The highest BCUT2D eigenvalue weighted by Crippen LogP contribution is 2.28. The molecule has 1 amide bonds. The van der Waals surface area contributed by atoms with Crippen molar-refractivity contribution in [1.29, 1.82) is 0 Å². The number of benzene rings is 2. The molecule has 1 aliphatic heterocycles. The van der Waals surface area contributed by atoms with E-state index in [2.05, 4.69) is 41.4 Å². The summed E-state index contributed by atoms with van der Waals surface area (Å²) in [5, 5.41) is 2.88. The van der Waals surface area contributed by atoms with Gasteiger partial charge in [-0.1, -0.05) is 31.2 Å². The molecule has 0 saturated heterocycles. The van der Waals surface area contributed by atoms with Crippen LogP contribution in [0.15, 0.2) is 48.5 Å². The van der Waals surface area contributed by atoms with Crippen molar-refractivity contribution in [3.05, 3.63) is 65.2 Å². The monoisotopic (exact) mass is 324 g/mol. The number of nitrogens with zero attached hydrogens (tertiary/aromatic N) is 1. The van der Waals surface area contributed by atoms with Crippen LogP contribution in [-0.2, 0) is 17.8 Å². The van der Waals surface area contributed by atoms with Crippen LogP contribution in [0.25, 0.3) is 0 Å². The van der Waals surface area contributed by atoms with Gasteiger partial charge < -0.3 is 15.0 Å². The van der Waals surface area contributed by atoms with Crippen molar-refractivity contribution < 1.29 is 9.53 Å². The first-order chi connectivity index (χ1) is 11.8. The highest BCUT2D eigenvalue weighted by atomic mass is 16.5. The lowest BCUT2D eigenvalue weighted by Crippen LogP contribution is -2.27. The average Bonchev–Trinajstić information content (AvgIpc) is 3.05. The number of amides is 1. The molecule has 2 aromatic carbocycles. The van der Waals surface area contributed by atoms with Crippen molar-refractivity contribution in [2.24, 2.45) is 0 Å². The minimum absolute atomic E-state index is 0.0497. The average molecular weight is 324 g/mol. The minimum Gasteiger partial charge on any atom is -0.380 e. The Morgan fingerprint density at radius 3 is 2.33 bits per heavy atom. The SMILES string of the molecule is CCCOCCNC(=O)c1ccc(N2Cc3ccccc3C2)cc1. The fraction of sp³-hybridized carbons (Fsp3) is 0.350. The lowest BCUT2D eigenvalue weighted by atomic mass is 10.1. The molecule has 0 bridgehead atoms. The number of ether oxygens (including phenoxy) is 1. The molecule has 0 spiro atoms. The summed E-state index contributed by atoms with van der Waals surface area (Å²) in [6, 6.07) is 16.3. The Morgan fingerprint density at radius 1 is 1.04 bits per heavy atom. The van der Waals surface area contributed by atoms with E-state index in [1.54, 1.807) is 0 Å². The van der Waals surface area contributed by atoms with Crippen LogP contribution in [0, 0.1) is 0 Å². The molecule has 2 aromatic rings. The van der Waals surface area contributed by atoms with E-state index in [-0.39, 0.29) is 5.91 Å². The number of carbonyl (C=O) groups is 1. The Bertz CT molecular complexity index is 657. The zero-order valence-electron chi connectivity index (χ0n) is 14.1. The van der Waals surface area contributed by atoms with Crippen molar-refractivity contribution in [2.75, 3.05) is 24.7 Å². The van der Waals surface area contributed by atoms with Crippen molar-refractivity contribution in [3.8, 4) is 0 Å². The molecular formula is C20H24N2O2. The molecule has 24 heavy (non-hydrogen) atoms. The summed E-state index contributed by atoms with van der Waals surface area (Å²) in [6.45, 7) is 5.76. The standard InChI is InChI=1S/C20H24N2O2/c1-2-12-24-13-11-21-20(23)16-7-9-19(10-8-16)22-14-17-5-3-4-6-18(17)15-22/h3-10H,2,11-15H2,1H3,(H,21,23). The van der Waals surface area contributed by atoms with Gasteiger partial charge in [-0.25, -0.2) is 0 Å². The Hall–Kier alpha value is -2.33. The minimum atomic E-state index is -0.0497. The van der Waals surface area contributed by atoms with Crippen LogP contribution in [0.4, 0.5) is 5.69 Å². The summed E-state index contributed by atoms with van der Waals surface area (Å²) in [7, 11) is 0. The van der Waals surface area contributed by atoms with Gasteiger partial charge in [0.25, 0.3) is 5.91 Å². The molecule has 0 aromatic heterocycles. The highest BCUT2D eigenvalue weighted by Gasteiger charge is 2.18. The van der Waals surface area contributed by atoms with E-state index in [0.717, 1.165) is 31.8 Å². The maximum absolute atomic E-state index is 12.1. The largest absolute Gasteiger partial charge is 0.380 e. The summed E-state index contributed by atoms with van der Waals surface area (Å²) < 4.78 is 5.37. The summed E-state index contributed by atoms with van der Waals surface area (Å²) in [6.07, 6.45) is 0.996.